The van der Waals surface area contributed by atoms with Gasteiger partial charge in [0, 0.05) is 5.75 Å². The fourth-order valence-corrected chi connectivity index (χ4v) is 2.27. The second kappa shape index (κ2) is 7.60. The second-order valence-corrected chi connectivity index (χ2v) is 4.34. The first kappa shape index (κ1) is 15.3. The zero-order chi connectivity index (χ0) is 11.3. The molecule has 76 valence electrons. The van der Waals surface area contributed by atoms with Crippen LogP contribution in [0.1, 0.15) is 17.5 Å². The molecule has 0 aliphatic rings. The Hall–Kier alpha value is -0.650. The number of benzene rings is 1. The van der Waals surface area contributed by atoms with E-state index < -0.39 is 10.8 Å². The van der Waals surface area contributed by atoms with E-state index >= 15 is 0 Å². The first-order valence-corrected chi connectivity index (χ1v) is 5.67. The molecule has 0 fully saturated rings. The Morgan fingerprint density at radius 1 is 1.31 bits per heavy atom. The van der Waals surface area contributed by atoms with Gasteiger partial charge >= 0.3 is 29.6 Å². The molecule has 0 bridgehead atoms. The number of hydrogen-bond donors (Lipinski definition) is 0. The molecule has 0 spiro atoms. The van der Waals surface area contributed by atoms with E-state index in [2.05, 4.69) is 6.92 Å². The summed E-state index contributed by atoms with van der Waals surface area (Å²) in [7, 11) is -1.24. The van der Waals surface area contributed by atoms with Crippen molar-refractivity contribution < 1.29 is 33.8 Å². The third-order valence-corrected chi connectivity index (χ3v) is 3.32. The molecule has 3 nitrogen and oxygen atoms in total. The summed E-state index contributed by atoms with van der Waals surface area (Å²) in [4.78, 5) is 0.431. The molecule has 0 radical (unpaired) electrons. The Kier molecular flexibility index (Phi) is 7.29. The minimum absolute atomic E-state index is 0. The molecule has 0 saturated heterocycles. The van der Waals surface area contributed by atoms with Gasteiger partial charge in [0.05, 0.1) is 26.8 Å². The van der Waals surface area contributed by atoms with Crippen LogP contribution in [0.4, 0.5) is 0 Å². The molecule has 1 rings (SSSR count). The molecule has 0 amide bonds. The number of nitrogens with zero attached hydrogens (tertiary/aromatic N) is 2. The van der Waals surface area contributed by atoms with Crippen LogP contribution in [0.2, 0.25) is 0 Å². The van der Waals surface area contributed by atoms with Crippen LogP contribution in [-0.2, 0) is 10.8 Å². The van der Waals surface area contributed by atoms with Crippen molar-refractivity contribution in [2.45, 2.75) is 11.3 Å². The number of rotatable bonds is 3. The molecule has 1 aromatic rings. The van der Waals surface area contributed by atoms with Gasteiger partial charge in [-0.25, -0.2) is 0 Å². The van der Waals surface area contributed by atoms with Crippen molar-refractivity contribution in [1.82, 2.24) is 0 Å². The van der Waals surface area contributed by atoms with Gasteiger partial charge in [-0.3, -0.25) is 4.21 Å². The molecule has 0 aliphatic heterocycles. The van der Waals surface area contributed by atoms with Crippen molar-refractivity contribution >= 4 is 10.8 Å². The van der Waals surface area contributed by atoms with E-state index in [1.54, 1.807) is 18.2 Å². The Morgan fingerprint density at radius 2 is 2.00 bits per heavy atom. The van der Waals surface area contributed by atoms with Gasteiger partial charge in [-0.05, 0) is 12.1 Å². The van der Waals surface area contributed by atoms with Crippen LogP contribution < -0.4 is 29.6 Å². The molecule has 1 unspecified atom stereocenters. The van der Waals surface area contributed by atoms with Crippen LogP contribution in [0.15, 0.2) is 23.1 Å². The monoisotopic (exact) mass is 240 g/mol. The molecule has 5 heteroatoms. The summed E-state index contributed by atoms with van der Waals surface area (Å²) < 4.78 is 11.7. The number of nitriles is 2. The van der Waals surface area contributed by atoms with Gasteiger partial charge < -0.3 is 6.92 Å². The minimum Gasteiger partial charge on any atom is -0.342 e. The van der Waals surface area contributed by atoms with E-state index in [0.717, 1.165) is 0 Å². The van der Waals surface area contributed by atoms with Crippen LogP contribution in [0.5, 0.6) is 0 Å². The van der Waals surface area contributed by atoms with Crippen molar-refractivity contribution in [3.05, 3.63) is 36.2 Å². The van der Waals surface area contributed by atoms with E-state index in [0.29, 0.717) is 17.1 Å². The van der Waals surface area contributed by atoms with Crippen LogP contribution in [0.3, 0.4) is 0 Å². The van der Waals surface area contributed by atoms with E-state index in [-0.39, 0.29) is 40.7 Å². The minimum atomic E-state index is -1.24. The Morgan fingerprint density at radius 3 is 2.50 bits per heavy atom. The maximum Gasteiger partial charge on any atom is 1.00 e. The zero-order valence-electron chi connectivity index (χ0n) is 9.06. The topological polar surface area (TPSA) is 64.7 Å². The summed E-state index contributed by atoms with van der Waals surface area (Å²) in [6.07, 6.45) is 0.536. The van der Waals surface area contributed by atoms with Crippen LogP contribution >= 0.6 is 0 Å². The fourth-order valence-electron chi connectivity index (χ4n) is 1.17. The van der Waals surface area contributed by atoms with Crippen molar-refractivity contribution in [2.24, 2.45) is 0 Å². The SMILES string of the molecule is [CH2-]CCS(=O)c1cccc(C#N)c1C#N.[Na+]. The van der Waals surface area contributed by atoms with Gasteiger partial charge in [0.15, 0.2) is 0 Å². The third kappa shape index (κ3) is 3.43. The van der Waals surface area contributed by atoms with Crippen LogP contribution in [0, 0.1) is 29.6 Å². The smallest absolute Gasteiger partial charge is 0.342 e. The predicted molar refractivity (Wildman–Crippen MR) is 57.1 cm³/mol. The maximum atomic E-state index is 11.7. The molecule has 0 N–H and O–H groups in total. The average molecular weight is 240 g/mol. The molecule has 0 heterocycles. The average Bonchev–Trinajstić information content (AvgIpc) is 2.28. The summed E-state index contributed by atoms with van der Waals surface area (Å²) in [6.45, 7) is 3.61. The predicted octanol–water partition coefficient (Wildman–Crippen LogP) is -1.23. The first-order chi connectivity index (χ1) is 7.24. The van der Waals surface area contributed by atoms with Gasteiger partial charge in [0.2, 0.25) is 0 Å². The molecule has 16 heavy (non-hydrogen) atoms. The second-order valence-electron chi connectivity index (χ2n) is 2.81. The third-order valence-electron chi connectivity index (χ3n) is 1.83. The molecular formula is C11H9N2NaOS. The van der Waals surface area contributed by atoms with Crippen LogP contribution in [-0.4, -0.2) is 9.96 Å². The van der Waals surface area contributed by atoms with E-state index in [4.69, 9.17) is 10.5 Å². The van der Waals surface area contributed by atoms with E-state index in [9.17, 15) is 4.21 Å². The molecule has 0 saturated carbocycles. The molecular weight excluding hydrogens is 231 g/mol. The standard InChI is InChI=1S/C11H9N2OS.Na/c1-2-6-15(14)11-5-3-4-9(7-12)10(11)8-13;/h3-5H,1-2,6H2;/q-1;+1. The van der Waals surface area contributed by atoms with E-state index in [1.165, 1.54) is 0 Å². The maximum absolute atomic E-state index is 11.7. The Balaban J connectivity index is 0.00000225. The van der Waals surface area contributed by atoms with Gasteiger partial charge in [0.1, 0.15) is 12.1 Å². The largest absolute Gasteiger partial charge is 1.00 e. The summed E-state index contributed by atoms with van der Waals surface area (Å²) in [6, 6.07) is 8.63. The number of hydrogen-bond acceptors (Lipinski definition) is 3. The van der Waals surface area contributed by atoms with Gasteiger partial charge in [-0.2, -0.15) is 16.9 Å². The van der Waals surface area contributed by atoms with Crippen LogP contribution in [0.25, 0.3) is 0 Å². The van der Waals surface area contributed by atoms with Crippen molar-refractivity contribution in [3.8, 4) is 12.1 Å². The Labute approximate surface area is 120 Å². The normalized spacial score (nSPS) is 10.7. The Bertz CT molecular complexity index is 474. The fraction of sp³-hybridized carbons (Fsp3) is 0.182. The van der Waals surface area contributed by atoms with Crippen molar-refractivity contribution in [2.75, 3.05) is 5.75 Å². The molecule has 1 aromatic carbocycles. The van der Waals surface area contributed by atoms with Gasteiger partial charge in [-0.15, -0.1) is 0 Å². The summed E-state index contributed by atoms with van der Waals surface area (Å²) in [5.74, 6) is 0.406. The molecule has 0 aromatic heterocycles. The summed E-state index contributed by atoms with van der Waals surface area (Å²) >= 11 is 0. The summed E-state index contributed by atoms with van der Waals surface area (Å²) in [5, 5.41) is 17.7. The van der Waals surface area contributed by atoms with Crippen molar-refractivity contribution in [3.63, 3.8) is 0 Å². The summed E-state index contributed by atoms with van der Waals surface area (Å²) in [5.41, 5.74) is 0.485. The van der Waals surface area contributed by atoms with Gasteiger partial charge in [0.25, 0.3) is 0 Å². The zero-order valence-corrected chi connectivity index (χ0v) is 11.9. The quantitative estimate of drug-likeness (QED) is 0.490. The van der Waals surface area contributed by atoms with Crippen molar-refractivity contribution in [1.29, 1.82) is 10.5 Å². The molecule has 1 atom stereocenters. The first-order valence-electron chi connectivity index (χ1n) is 4.35. The molecule has 0 aliphatic carbocycles. The van der Waals surface area contributed by atoms with E-state index in [1.807, 2.05) is 12.1 Å². The van der Waals surface area contributed by atoms with Gasteiger partial charge in [-0.1, -0.05) is 6.07 Å².